The summed E-state index contributed by atoms with van der Waals surface area (Å²) in [6.07, 6.45) is 6.93. The number of carbonyl (C=O) groups excluding carboxylic acids is 2. The monoisotopic (exact) mass is 534 g/mol. The first kappa shape index (κ1) is 27.6. The summed E-state index contributed by atoms with van der Waals surface area (Å²) in [4.78, 5) is 31.6. The molecule has 1 spiro atoms. The summed E-state index contributed by atoms with van der Waals surface area (Å²) in [6.45, 7) is 6.27. The van der Waals surface area contributed by atoms with E-state index in [1.54, 1.807) is 24.3 Å². The summed E-state index contributed by atoms with van der Waals surface area (Å²) in [5.74, 6) is 0.309. The minimum atomic E-state index is -0.334. The predicted octanol–water partition coefficient (Wildman–Crippen LogP) is 3.79. The normalized spacial score (nSPS) is 16.8. The number of allylic oxidation sites excluding steroid dienone is 3. The number of thiocarbonyl (C=S) groups is 1. The van der Waals surface area contributed by atoms with E-state index in [2.05, 4.69) is 40.7 Å². The largest absolute Gasteiger partial charge is 0.395 e. The number of hydrogen-bond acceptors (Lipinski definition) is 7. The Hall–Kier alpha value is -3.40. The second-order valence-electron chi connectivity index (χ2n) is 9.68. The molecule has 3 N–H and O–H groups in total. The number of aryl methyl sites for hydroxylation is 1. The highest BCUT2D eigenvalue weighted by Crippen LogP contribution is 2.44. The van der Waals surface area contributed by atoms with Crippen molar-refractivity contribution in [1.82, 2.24) is 15.2 Å². The number of aromatic nitrogens is 1. The average molecular weight is 535 g/mol. The molecule has 2 aliphatic heterocycles. The van der Waals surface area contributed by atoms with E-state index in [9.17, 15) is 9.59 Å². The Morgan fingerprint density at radius 1 is 1.24 bits per heavy atom. The summed E-state index contributed by atoms with van der Waals surface area (Å²) < 4.78 is 6.25. The number of piperidine rings is 1. The predicted molar refractivity (Wildman–Crippen MR) is 151 cm³/mol. The van der Waals surface area contributed by atoms with Crippen LogP contribution in [0.2, 0.25) is 0 Å². The van der Waals surface area contributed by atoms with E-state index in [1.165, 1.54) is 28.3 Å². The van der Waals surface area contributed by atoms with Crippen molar-refractivity contribution in [2.75, 3.05) is 31.6 Å². The van der Waals surface area contributed by atoms with Gasteiger partial charge in [0.1, 0.15) is 5.82 Å². The number of likely N-dealkylation sites (tertiary alicyclic amines) is 1. The lowest BCUT2D eigenvalue weighted by Gasteiger charge is -2.39. The van der Waals surface area contributed by atoms with Crippen LogP contribution in [0, 0.1) is 6.92 Å². The first-order valence-electron chi connectivity index (χ1n) is 12.8. The fraction of sp³-hybridized carbons (Fsp3) is 0.379. The zero-order chi connectivity index (χ0) is 27.1. The van der Waals surface area contributed by atoms with Gasteiger partial charge in [-0.25, -0.2) is 4.98 Å². The van der Waals surface area contributed by atoms with Crippen LogP contribution in [0.25, 0.3) is 0 Å². The number of anilines is 1. The second-order valence-corrected chi connectivity index (χ2v) is 9.92. The number of benzene rings is 1. The number of aliphatic hydroxyl groups is 1. The number of nitrogens with zero attached hydrogens (tertiary/aromatic N) is 2. The lowest BCUT2D eigenvalue weighted by Crippen LogP contribution is -2.45. The molecule has 1 aromatic carbocycles. The summed E-state index contributed by atoms with van der Waals surface area (Å²) in [7, 11) is 0. The Morgan fingerprint density at radius 3 is 2.71 bits per heavy atom. The number of pyridine rings is 1. The van der Waals surface area contributed by atoms with Gasteiger partial charge in [0, 0.05) is 37.6 Å². The van der Waals surface area contributed by atoms with Crippen molar-refractivity contribution >= 4 is 35.2 Å². The molecule has 1 saturated heterocycles. The Balaban J connectivity index is 1.29. The molecule has 0 radical (unpaired) electrons. The number of aliphatic hydroxyl groups excluding tert-OH is 1. The number of rotatable bonds is 9. The lowest BCUT2D eigenvalue weighted by atomic mass is 9.83. The molecule has 3 heterocycles. The van der Waals surface area contributed by atoms with E-state index in [0.29, 0.717) is 43.3 Å². The molecule has 38 heavy (non-hydrogen) atoms. The zero-order valence-electron chi connectivity index (χ0n) is 21.8. The van der Waals surface area contributed by atoms with Gasteiger partial charge in [-0.15, -0.1) is 0 Å². The third-order valence-corrected chi connectivity index (χ3v) is 7.31. The standard InChI is InChI=1S/C29H34N4O4S/c1-20-6-8-24-23(16-20)18-37-29(24)10-13-33(14-11-29)27(35)5-3-4-21(2)25(19-38)32-28(36)22-7-9-26(31-17-22)30-12-15-34/h3-4,6-9,16-17,19,34H,5,10-15,18H2,1-2H3,(H,30,31)(H,32,36)/b4-3-,25-21+. The summed E-state index contributed by atoms with van der Waals surface area (Å²) >= 11 is 5.11. The minimum Gasteiger partial charge on any atom is -0.395 e. The summed E-state index contributed by atoms with van der Waals surface area (Å²) in [6, 6.07) is 9.83. The smallest absolute Gasteiger partial charge is 0.257 e. The van der Waals surface area contributed by atoms with E-state index in [1.807, 2.05) is 11.8 Å². The van der Waals surface area contributed by atoms with Crippen molar-refractivity contribution in [3.05, 3.63) is 82.2 Å². The molecule has 0 bridgehead atoms. The molecule has 0 atom stereocenters. The van der Waals surface area contributed by atoms with E-state index < -0.39 is 0 Å². The van der Waals surface area contributed by atoms with Gasteiger partial charge in [-0.1, -0.05) is 48.1 Å². The van der Waals surface area contributed by atoms with Gasteiger partial charge in [0.05, 0.1) is 30.1 Å². The van der Waals surface area contributed by atoms with Gasteiger partial charge in [-0.05, 0) is 55.5 Å². The van der Waals surface area contributed by atoms with Gasteiger partial charge >= 0.3 is 0 Å². The SMILES string of the molecule is CC(/C=C\CC(=O)N1CCC2(CC1)OCc1cc(C)ccc12)=C(/C=S)NC(=O)c1ccc(NCCO)nc1. The molecule has 0 saturated carbocycles. The zero-order valence-corrected chi connectivity index (χ0v) is 22.6. The first-order valence-corrected chi connectivity index (χ1v) is 13.3. The number of hydrogen-bond donors (Lipinski definition) is 3. The van der Waals surface area contributed by atoms with Gasteiger partial charge in [0.2, 0.25) is 5.91 Å². The van der Waals surface area contributed by atoms with E-state index in [0.717, 1.165) is 18.4 Å². The maximum Gasteiger partial charge on any atom is 0.257 e. The van der Waals surface area contributed by atoms with Crippen molar-refractivity contribution in [1.29, 1.82) is 0 Å². The highest BCUT2D eigenvalue weighted by atomic mass is 32.1. The molecule has 0 aliphatic carbocycles. The first-order chi connectivity index (χ1) is 18.3. The number of amides is 2. The van der Waals surface area contributed by atoms with Gasteiger partial charge in [-0.2, -0.15) is 0 Å². The fourth-order valence-electron chi connectivity index (χ4n) is 4.90. The molecule has 4 rings (SSSR count). The topological polar surface area (TPSA) is 104 Å². The summed E-state index contributed by atoms with van der Waals surface area (Å²) in [5.41, 5.74) is 5.13. The van der Waals surface area contributed by atoms with Crippen molar-refractivity contribution < 1.29 is 19.4 Å². The maximum atomic E-state index is 12.9. The number of fused-ring (bicyclic) bond motifs is 2. The Labute approximate surface area is 228 Å². The molecule has 8 nitrogen and oxygen atoms in total. The minimum absolute atomic E-state index is 0.00635. The van der Waals surface area contributed by atoms with Crippen LogP contribution < -0.4 is 10.6 Å². The highest BCUT2D eigenvalue weighted by Gasteiger charge is 2.43. The van der Waals surface area contributed by atoms with Gasteiger partial charge in [-0.3, -0.25) is 9.59 Å². The molecule has 9 heteroatoms. The van der Waals surface area contributed by atoms with Gasteiger partial charge < -0.3 is 25.4 Å². The fourth-order valence-corrected chi connectivity index (χ4v) is 5.14. The van der Waals surface area contributed by atoms with Crippen molar-refractivity contribution in [2.24, 2.45) is 0 Å². The van der Waals surface area contributed by atoms with Crippen molar-refractivity contribution in [3.8, 4) is 0 Å². The number of ether oxygens (including phenoxy) is 1. The van der Waals surface area contributed by atoms with E-state index >= 15 is 0 Å². The molecular formula is C29H34N4O4S. The maximum absolute atomic E-state index is 12.9. The van der Waals surface area contributed by atoms with Crippen molar-refractivity contribution in [3.63, 3.8) is 0 Å². The van der Waals surface area contributed by atoms with Gasteiger partial charge in [0.15, 0.2) is 0 Å². The third-order valence-electron chi connectivity index (χ3n) is 7.07. The number of nitrogens with one attached hydrogen (secondary N) is 2. The van der Waals surface area contributed by atoms with Crippen LogP contribution in [0.4, 0.5) is 5.82 Å². The quantitative estimate of drug-likeness (QED) is 0.255. The Morgan fingerprint density at radius 2 is 2.03 bits per heavy atom. The van der Waals surface area contributed by atoms with Crippen LogP contribution in [0.5, 0.6) is 0 Å². The molecular weight excluding hydrogens is 500 g/mol. The van der Waals surface area contributed by atoms with Crippen LogP contribution in [0.3, 0.4) is 0 Å². The average Bonchev–Trinajstić information content (AvgIpc) is 3.27. The molecule has 1 aromatic heterocycles. The van der Waals surface area contributed by atoms with Crippen LogP contribution in [0.15, 0.2) is 60.0 Å². The molecule has 2 amide bonds. The van der Waals surface area contributed by atoms with Crippen molar-refractivity contribution in [2.45, 2.75) is 45.3 Å². The Kier molecular flexibility index (Phi) is 9.04. The Bertz CT molecular complexity index is 1250. The second kappa shape index (κ2) is 12.4. The van der Waals surface area contributed by atoms with Crippen LogP contribution >= 0.6 is 12.2 Å². The summed E-state index contributed by atoms with van der Waals surface area (Å²) in [5, 5.41) is 16.0. The van der Waals surface area contributed by atoms with E-state index in [4.69, 9.17) is 22.1 Å². The van der Waals surface area contributed by atoms with E-state index in [-0.39, 0.29) is 30.4 Å². The molecule has 200 valence electrons. The van der Waals surface area contributed by atoms with Crippen LogP contribution in [0.1, 0.15) is 53.2 Å². The molecule has 1 fully saturated rings. The molecule has 2 aromatic rings. The third kappa shape index (κ3) is 6.35. The molecule has 2 aliphatic rings. The molecule has 0 unspecified atom stereocenters. The van der Waals surface area contributed by atoms with Crippen LogP contribution in [-0.2, 0) is 21.7 Å². The van der Waals surface area contributed by atoms with Crippen LogP contribution in [-0.4, -0.2) is 58.4 Å². The lowest BCUT2D eigenvalue weighted by molar-refractivity contribution is -0.137. The highest BCUT2D eigenvalue weighted by molar-refractivity contribution is 7.79. The number of carbonyl (C=O) groups is 2. The van der Waals surface area contributed by atoms with Gasteiger partial charge in [0.25, 0.3) is 5.91 Å².